The highest BCUT2D eigenvalue weighted by atomic mass is 32.1. The fourth-order valence-electron chi connectivity index (χ4n) is 2.40. The second kappa shape index (κ2) is 7.05. The number of benzene rings is 1. The maximum Gasteiger partial charge on any atom is 0.225 e. The van der Waals surface area contributed by atoms with E-state index in [1.165, 1.54) is 0 Å². The van der Waals surface area contributed by atoms with Crippen LogP contribution in [0.3, 0.4) is 0 Å². The van der Waals surface area contributed by atoms with Gasteiger partial charge in [0.25, 0.3) is 0 Å². The minimum atomic E-state index is 0.0445. The summed E-state index contributed by atoms with van der Waals surface area (Å²) in [6.07, 6.45) is 2.35. The number of aromatic nitrogens is 2. The molecule has 6 heteroatoms. The Kier molecular flexibility index (Phi) is 4.85. The maximum atomic E-state index is 12.1. The van der Waals surface area contributed by atoms with Crippen molar-refractivity contribution in [2.45, 2.75) is 20.3 Å². The van der Waals surface area contributed by atoms with Crippen molar-refractivity contribution < 1.29 is 9.53 Å². The second-order valence-corrected chi connectivity index (χ2v) is 6.95. The van der Waals surface area contributed by atoms with Gasteiger partial charge in [0.15, 0.2) is 4.96 Å². The van der Waals surface area contributed by atoms with Crippen LogP contribution in [0, 0.1) is 5.92 Å². The highest BCUT2D eigenvalue weighted by molar-refractivity contribution is 7.15. The number of fused-ring (bicyclic) bond motifs is 1. The fourth-order valence-corrected chi connectivity index (χ4v) is 3.28. The standard InChI is InChI=1S/C18H21N3O2S/c1-12(2)9-19-17(22)8-14-11-24-18-20-16(10-21(14)18)13-4-6-15(23-3)7-5-13/h4-7,10-12H,8-9H2,1-3H3,(H,19,22). The highest BCUT2D eigenvalue weighted by Crippen LogP contribution is 2.25. The van der Waals surface area contributed by atoms with E-state index in [0.717, 1.165) is 27.7 Å². The number of methoxy groups -OCH3 is 1. The maximum absolute atomic E-state index is 12.1. The molecule has 24 heavy (non-hydrogen) atoms. The Balaban J connectivity index is 1.79. The monoisotopic (exact) mass is 343 g/mol. The molecule has 0 saturated carbocycles. The van der Waals surface area contributed by atoms with Crippen LogP contribution >= 0.6 is 11.3 Å². The van der Waals surface area contributed by atoms with E-state index in [9.17, 15) is 4.79 Å². The topological polar surface area (TPSA) is 55.6 Å². The van der Waals surface area contributed by atoms with Gasteiger partial charge in [-0.1, -0.05) is 13.8 Å². The molecule has 0 spiro atoms. The Bertz CT molecular complexity index is 834. The molecule has 0 aliphatic heterocycles. The Morgan fingerprint density at radius 2 is 2.08 bits per heavy atom. The molecule has 1 aromatic carbocycles. The lowest BCUT2D eigenvalue weighted by atomic mass is 10.1. The molecule has 126 valence electrons. The average Bonchev–Trinajstić information content (AvgIpc) is 3.15. The molecule has 0 bridgehead atoms. The highest BCUT2D eigenvalue weighted by Gasteiger charge is 2.12. The van der Waals surface area contributed by atoms with Crippen molar-refractivity contribution >= 4 is 22.2 Å². The first-order valence-corrected chi connectivity index (χ1v) is 8.81. The van der Waals surface area contributed by atoms with Crippen molar-refractivity contribution in [1.82, 2.24) is 14.7 Å². The minimum Gasteiger partial charge on any atom is -0.497 e. The molecule has 3 aromatic rings. The quantitative estimate of drug-likeness (QED) is 0.746. The van der Waals surface area contributed by atoms with Crippen LogP contribution in [0.2, 0.25) is 0 Å². The molecule has 0 radical (unpaired) electrons. The molecule has 0 atom stereocenters. The van der Waals surface area contributed by atoms with Crippen molar-refractivity contribution in [2.75, 3.05) is 13.7 Å². The zero-order valence-electron chi connectivity index (χ0n) is 14.1. The molecule has 3 rings (SSSR count). The molecule has 0 unspecified atom stereocenters. The number of hydrogen-bond acceptors (Lipinski definition) is 4. The van der Waals surface area contributed by atoms with Crippen LogP contribution in [-0.4, -0.2) is 28.9 Å². The summed E-state index contributed by atoms with van der Waals surface area (Å²) >= 11 is 1.55. The number of thiazole rings is 1. The van der Waals surface area contributed by atoms with Gasteiger partial charge in [0.2, 0.25) is 5.91 Å². The van der Waals surface area contributed by atoms with Gasteiger partial charge in [-0.2, -0.15) is 0 Å². The SMILES string of the molecule is COc1ccc(-c2cn3c(CC(=O)NCC(C)C)csc3n2)cc1. The first-order valence-electron chi connectivity index (χ1n) is 7.93. The van der Waals surface area contributed by atoms with E-state index in [4.69, 9.17) is 4.74 Å². The molecule has 1 N–H and O–H groups in total. The van der Waals surface area contributed by atoms with E-state index in [0.29, 0.717) is 18.9 Å². The Morgan fingerprint density at radius 3 is 2.75 bits per heavy atom. The summed E-state index contributed by atoms with van der Waals surface area (Å²) in [5.74, 6) is 1.32. The molecule has 0 saturated heterocycles. The lowest BCUT2D eigenvalue weighted by Crippen LogP contribution is -2.28. The molecule has 0 aliphatic carbocycles. The molecule has 0 fully saturated rings. The number of carbonyl (C=O) groups is 1. The number of hydrogen-bond donors (Lipinski definition) is 1. The molecule has 2 aromatic heterocycles. The predicted octanol–water partition coefficient (Wildman–Crippen LogP) is 3.39. The number of nitrogens with zero attached hydrogens (tertiary/aromatic N) is 2. The lowest BCUT2D eigenvalue weighted by molar-refractivity contribution is -0.120. The summed E-state index contributed by atoms with van der Waals surface area (Å²) in [7, 11) is 1.65. The van der Waals surface area contributed by atoms with Gasteiger partial charge < -0.3 is 10.1 Å². The average molecular weight is 343 g/mol. The second-order valence-electron chi connectivity index (χ2n) is 6.11. The summed E-state index contributed by atoms with van der Waals surface area (Å²) in [6.45, 7) is 4.87. The molecule has 1 amide bonds. The molecular formula is C18H21N3O2S. The normalized spacial score (nSPS) is 11.2. The van der Waals surface area contributed by atoms with E-state index in [-0.39, 0.29) is 5.91 Å². The number of amides is 1. The number of rotatable bonds is 6. The van der Waals surface area contributed by atoms with Crippen LogP contribution in [0.5, 0.6) is 5.75 Å². The Morgan fingerprint density at radius 1 is 1.33 bits per heavy atom. The van der Waals surface area contributed by atoms with Gasteiger partial charge in [-0.25, -0.2) is 4.98 Å². The first-order chi connectivity index (χ1) is 11.6. The summed E-state index contributed by atoms with van der Waals surface area (Å²) in [6, 6.07) is 7.81. The van der Waals surface area contributed by atoms with Crippen molar-refractivity contribution in [2.24, 2.45) is 5.92 Å². The fraction of sp³-hybridized carbons (Fsp3) is 0.333. The van der Waals surface area contributed by atoms with Gasteiger partial charge in [0.1, 0.15) is 5.75 Å². The minimum absolute atomic E-state index is 0.0445. The van der Waals surface area contributed by atoms with Gasteiger partial charge in [-0.15, -0.1) is 11.3 Å². The summed E-state index contributed by atoms with van der Waals surface area (Å²) in [4.78, 5) is 17.6. The van der Waals surface area contributed by atoms with E-state index in [2.05, 4.69) is 24.1 Å². The Labute approximate surface area is 145 Å². The van der Waals surface area contributed by atoms with Gasteiger partial charge in [-0.05, 0) is 30.2 Å². The Hall–Kier alpha value is -2.34. The van der Waals surface area contributed by atoms with Crippen LogP contribution in [0.4, 0.5) is 0 Å². The third kappa shape index (κ3) is 3.59. The summed E-state index contributed by atoms with van der Waals surface area (Å²) < 4.78 is 7.18. The van der Waals surface area contributed by atoms with Crippen LogP contribution in [0.15, 0.2) is 35.8 Å². The first kappa shape index (κ1) is 16.5. The van der Waals surface area contributed by atoms with Gasteiger partial charge in [-0.3, -0.25) is 9.20 Å². The van der Waals surface area contributed by atoms with Gasteiger partial charge in [0, 0.05) is 29.4 Å². The summed E-state index contributed by atoms with van der Waals surface area (Å²) in [5, 5.41) is 4.95. The van der Waals surface area contributed by atoms with E-state index in [1.54, 1.807) is 18.4 Å². The molecule has 2 heterocycles. The van der Waals surface area contributed by atoms with Crippen molar-refractivity contribution in [3.8, 4) is 17.0 Å². The molecule has 0 aliphatic rings. The smallest absolute Gasteiger partial charge is 0.225 e. The third-order valence-corrected chi connectivity index (χ3v) is 4.61. The van der Waals surface area contributed by atoms with Gasteiger partial charge in [0.05, 0.1) is 19.2 Å². The largest absolute Gasteiger partial charge is 0.497 e. The van der Waals surface area contributed by atoms with Crippen molar-refractivity contribution in [3.05, 3.63) is 41.5 Å². The zero-order chi connectivity index (χ0) is 17.1. The van der Waals surface area contributed by atoms with Crippen LogP contribution in [-0.2, 0) is 11.2 Å². The van der Waals surface area contributed by atoms with Gasteiger partial charge >= 0.3 is 0 Å². The molecular weight excluding hydrogens is 322 g/mol. The number of imidazole rings is 1. The number of carbonyl (C=O) groups excluding carboxylic acids is 1. The summed E-state index contributed by atoms with van der Waals surface area (Å²) in [5.41, 5.74) is 2.89. The van der Waals surface area contributed by atoms with E-state index < -0.39 is 0 Å². The zero-order valence-corrected chi connectivity index (χ0v) is 14.9. The van der Waals surface area contributed by atoms with E-state index >= 15 is 0 Å². The number of ether oxygens (including phenoxy) is 1. The van der Waals surface area contributed by atoms with Crippen LogP contribution < -0.4 is 10.1 Å². The number of nitrogens with one attached hydrogen (secondary N) is 1. The lowest BCUT2D eigenvalue weighted by Gasteiger charge is -2.06. The predicted molar refractivity (Wildman–Crippen MR) is 96.6 cm³/mol. The third-order valence-electron chi connectivity index (χ3n) is 3.72. The van der Waals surface area contributed by atoms with Crippen LogP contribution in [0.1, 0.15) is 19.5 Å². The van der Waals surface area contributed by atoms with Crippen molar-refractivity contribution in [3.63, 3.8) is 0 Å². The van der Waals surface area contributed by atoms with E-state index in [1.807, 2.05) is 40.2 Å². The molecule has 5 nitrogen and oxygen atoms in total. The van der Waals surface area contributed by atoms with Crippen molar-refractivity contribution in [1.29, 1.82) is 0 Å². The van der Waals surface area contributed by atoms with Crippen LogP contribution in [0.25, 0.3) is 16.2 Å².